The molecule has 1 atom stereocenters. The van der Waals surface area contributed by atoms with Gasteiger partial charge in [0.25, 0.3) is 5.91 Å². The van der Waals surface area contributed by atoms with Crippen LogP contribution in [0, 0.1) is 0 Å². The Labute approximate surface area is 119 Å². The molecule has 0 aliphatic carbocycles. The SMILES string of the molecule is CCC(C)N(CC)C(=O)c1ccccc1-n1nccn1. The molecule has 0 fully saturated rings. The van der Waals surface area contributed by atoms with Crippen molar-refractivity contribution in [1.29, 1.82) is 0 Å². The Morgan fingerprint density at radius 1 is 1.25 bits per heavy atom. The number of para-hydroxylation sites is 1. The Kier molecular flexibility index (Phi) is 4.50. The fraction of sp³-hybridized carbons (Fsp3) is 0.400. The van der Waals surface area contributed by atoms with Crippen LogP contribution in [-0.2, 0) is 0 Å². The summed E-state index contributed by atoms with van der Waals surface area (Å²) in [5.41, 5.74) is 1.34. The highest BCUT2D eigenvalue weighted by Crippen LogP contribution is 2.17. The summed E-state index contributed by atoms with van der Waals surface area (Å²) in [5.74, 6) is 0.0229. The number of nitrogens with zero attached hydrogens (tertiary/aromatic N) is 4. The molecule has 2 rings (SSSR count). The van der Waals surface area contributed by atoms with Crippen LogP contribution in [0.3, 0.4) is 0 Å². The van der Waals surface area contributed by atoms with E-state index in [0.29, 0.717) is 17.8 Å². The third-order valence-corrected chi connectivity index (χ3v) is 3.49. The summed E-state index contributed by atoms with van der Waals surface area (Å²) < 4.78 is 0. The van der Waals surface area contributed by atoms with E-state index in [1.165, 1.54) is 4.80 Å². The first-order valence-corrected chi connectivity index (χ1v) is 6.95. The van der Waals surface area contributed by atoms with Crippen molar-refractivity contribution in [2.45, 2.75) is 33.2 Å². The Hall–Kier alpha value is -2.17. The van der Waals surface area contributed by atoms with E-state index in [1.54, 1.807) is 12.4 Å². The molecule has 0 bridgehead atoms. The molecule has 1 aromatic carbocycles. The molecular formula is C15H20N4O. The van der Waals surface area contributed by atoms with E-state index in [4.69, 9.17) is 0 Å². The van der Waals surface area contributed by atoms with E-state index < -0.39 is 0 Å². The van der Waals surface area contributed by atoms with Gasteiger partial charge < -0.3 is 4.90 Å². The van der Waals surface area contributed by atoms with Gasteiger partial charge in [0.1, 0.15) is 0 Å². The Morgan fingerprint density at radius 3 is 2.50 bits per heavy atom. The number of carbonyl (C=O) groups excluding carboxylic acids is 1. The molecule has 0 saturated heterocycles. The third kappa shape index (κ3) is 2.71. The second-order valence-electron chi connectivity index (χ2n) is 4.68. The molecule has 1 unspecified atom stereocenters. The zero-order valence-corrected chi connectivity index (χ0v) is 12.2. The Balaban J connectivity index is 2.40. The second-order valence-corrected chi connectivity index (χ2v) is 4.68. The molecule has 5 nitrogen and oxygen atoms in total. The first-order valence-electron chi connectivity index (χ1n) is 6.95. The van der Waals surface area contributed by atoms with E-state index in [0.717, 1.165) is 6.42 Å². The first-order chi connectivity index (χ1) is 9.69. The van der Waals surface area contributed by atoms with Crippen molar-refractivity contribution >= 4 is 5.91 Å². The summed E-state index contributed by atoms with van der Waals surface area (Å²) in [5, 5.41) is 8.23. The van der Waals surface area contributed by atoms with Crippen molar-refractivity contribution < 1.29 is 4.79 Å². The summed E-state index contributed by atoms with van der Waals surface area (Å²) >= 11 is 0. The molecule has 1 aromatic heterocycles. The van der Waals surface area contributed by atoms with Crippen molar-refractivity contribution in [1.82, 2.24) is 19.9 Å². The zero-order valence-electron chi connectivity index (χ0n) is 12.2. The molecular weight excluding hydrogens is 252 g/mol. The van der Waals surface area contributed by atoms with Crippen LogP contribution >= 0.6 is 0 Å². The van der Waals surface area contributed by atoms with E-state index in [-0.39, 0.29) is 11.9 Å². The van der Waals surface area contributed by atoms with Crippen LogP contribution in [0.1, 0.15) is 37.6 Å². The minimum Gasteiger partial charge on any atom is -0.336 e. The number of aromatic nitrogens is 3. The lowest BCUT2D eigenvalue weighted by atomic mass is 10.1. The van der Waals surface area contributed by atoms with Crippen LogP contribution in [0.15, 0.2) is 36.7 Å². The lowest BCUT2D eigenvalue weighted by Crippen LogP contribution is -2.38. The van der Waals surface area contributed by atoms with Crippen LogP contribution in [0.5, 0.6) is 0 Å². The fourth-order valence-corrected chi connectivity index (χ4v) is 2.20. The molecule has 20 heavy (non-hydrogen) atoms. The number of carbonyl (C=O) groups is 1. The van der Waals surface area contributed by atoms with Gasteiger partial charge in [0.15, 0.2) is 0 Å². The molecule has 1 heterocycles. The molecule has 2 aromatic rings. The van der Waals surface area contributed by atoms with Crippen LogP contribution in [0.25, 0.3) is 5.69 Å². The van der Waals surface area contributed by atoms with Crippen molar-refractivity contribution in [2.24, 2.45) is 0 Å². The highest BCUT2D eigenvalue weighted by molar-refractivity contribution is 5.97. The topological polar surface area (TPSA) is 51.0 Å². The number of hydrogen-bond acceptors (Lipinski definition) is 3. The van der Waals surface area contributed by atoms with Gasteiger partial charge in [-0.25, -0.2) is 0 Å². The molecule has 106 valence electrons. The molecule has 0 N–H and O–H groups in total. The van der Waals surface area contributed by atoms with Crippen molar-refractivity contribution in [3.63, 3.8) is 0 Å². The number of benzene rings is 1. The summed E-state index contributed by atoms with van der Waals surface area (Å²) in [6.07, 6.45) is 4.14. The minimum absolute atomic E-state index is 0.0229. The van der Waals surface area contributed by atoms with Gasteiger partial charge >= 0.3 is 0 Å². The second kappa shape index (κ2) is 6.32. The fourth-order valence-electron chi connectivity index (χ4n) is 2.20. The highest BCUT2D eigenvalue weighted by Gasteiger charge is 2.22. The third-order valence-electron chi connectivity index (χ3n) is 3.49. The standard InChI is InChI=1S/C15H20N4O/c1-4-12(3)18(5-2)15(20)13-8-6-7-9-14(13)19-16-10-11-17-19/h6-12H,4-5H2,1-3H3. The van der Waals surface area contributed by atoms with E-state index in [2.05, 4.69) is 24.0 Å². The van der Waals surface area contributed by atoms with Gasteiger partial charge in [-0.15, -0.1) is 0 Å². The van der Waals surface area contributed by atoms with Crippen LogP contribution < -0.4 is 0 Å². The Morgan fingerprint density at radius 2 is 1.90 bits per heavy atom. The zero-order chi connectivity index (χ0) is 14.5. The average Bonchev–Trinajstić information content (AvgIpc) is 3.01. The average molecular weight is 272 g/mol. The monoisotopic (exact) mass is 272 g/mol. The molecule has 0 aliphatic rings. The van der Waals surface area contributed by atoms with E-state index >= 15 is 0 Å². The summed E-state index contributed by atoms with van der Waals surface area (Å²) in [7, 11) is 0. The molecule has 0 spiro atoms. The molecule has 5 heteroatoms. The van der Waals surface area contributed by atoms with Crippen molar-refractivity contribution in [3.05, 3.63) is 42.2 Å². The first kappa shape index (κ1) is 14.2. The number of amides is 1. The maximum atomic E-state index is 12.7. The van der Waals surface area contributed by atoms with Gasteiger partial charge in [0.2, 0.25) is 0 Å². The normalized spacial score (nSPS) is 12.2. The minimum atomic E-state index is 0.0229. The predicted octanol–water partition coefficient (Wildman–Crippen LogP) is 2.53. The quantitative estimate of drug-likeness (QED) is 0.840. The van der Waals surface area contributed by atoms with Crippen molar-refractivity contribution in [2.75, 3.05) is 6.54 Å². The molecule has 0 saturated carbocycles. The number of rotatable bonds is 5. The van der Waals surface area contributed by atoms with Gasteiger partial charge in [-0.1, -0.05) is 19.1 Å². The maximum Gasteiger partial charge on any atom is 0.256 e. The lowest BCUT2D eigenvalue weighted by molar-refractivity contribution is 0.0699. The van der Waals surface area contributed by atoms with Crippen LogP contribution in [0.4, 0.5) is 0 Å². The maximum absolute atomic E-state index is 12.7. The van der Waals surface area contributed by atoms with E-state index in [9.17, 15) is 4.79 Å². The highest BCUT2D eigenvalue weighted by atomic mass is 16.2. The summed E-state index contributed by atoms with van der Waals surface area (Å²) in [6, 6.07) is 7.65. The number of hydrogen-bond donors (Lipinski definition) is 0. The van der Waals surface area contributed by atoms with Crippen LogP contribution in [0.2, 0.25) is 0 Å². The van der Waals surface area contributed by atoms with Gasteiger partial charge in [0.05, 0.1) is 23.6 Å². The molecule has 0 aliphatic heterocycles. The van der Waals surface area contributed by atoms with Gasteiger partial charge in [-0.05, 0) is 32.4 Å². The van der Waals surface area contributed by atoms with Crippen molar-refractivity contribution in [3.8, 4) is 5.69 Å². The van der Waals surface area contributed by atoms with Crippen LogP contribution in [-0.4, -0.2) is 38.4 Å². The smallest absolute Gasteiger partial charge is 0.256 e. The van der Waals surface area contributed by atoms with Gasteiger partial charge in [-0.2, -0.15) is 15.0 Å². The summed E-state index contributed by atoms with van der Waals surface area (Å²) in [6.45, 7) is 6.84. The van der Waals surface area contributed by atoms with Gasteiger partial charge in [0, 0.05) is 12.6 Å². The molecule has 0 radical (unpaired) electrons. The molecule has 1 amide bonds. The van der Waals surface area contributed by atoms with Gasteiger partial charge in [-0.3, -0.25) is 4.79 Å². The largest absolute Gasteiger partial charge is 0.336 e. The lowest BCUT2D eigenvalue weighted by Gasteiger charge is -2.27. The predicted molar refractivity (Wildman–Crippen MR) is 77.8 cm³/mol. The summed E-state index contributed by atoms with van der Waals surface area (Å²) in [4.78, 5) is 16.1. The Bertz CT molecular complexity index is 565. The van der Waals surface area contributed by atoms with E-state index in [1.807, 2.05) is 36.1 Å².